The smallest absolute Gasteiger partial charge is 0.355 e. The summed E-state index contributed by atoms with van der Waals surface area (Å²) >= 11 is 6.16. The van der Waals surface area contributed by atoms with Crippen LogP contribution in [0.2, 0.25) is 5.02 Å². The van der Waals surface area contributed by atoms with Gasteiger partial charge in [-0.2, -0.15) is 13.2 Å². The fourth-order valence-corrected chi connectivity index (χ4v) is 3.36. The Morgan fingerprint density at radius 2 is 2.10 bits per heavy atom. The number of H-pyrrole nitrogens is 1. The quantitative estimate of drug-likeness (QED) is 0.798. The summed E-state index contributed by atoms with van der Waals surface area (Å²) in [6, 6.07) is 4.75. The van der Waals surface area contributed by atoms with E-state index in [1.807, 2.05) is 0 Å². The lowest BCUT2D eigenvalue weighted by atomic mass is 10.1. The summed E-state index contributed by atoms with van der Waals surface area (Å²) in [5.74, 6) is -0.0873. The number of hydrogen-bond donors (Lipinski definition) is 2. The minimum absolute atomic E-state index is 0.0541. The summed E-state index contributed by atoms with van der Waals surface area (Å²) in [7, 11) is 0. The van der Waals surface area contributed by atoms with E-state index in [1.54, 1.807) is 41.6 Å². The maximum absolute atomic E-state index is 12.9. The third-order valence-corrected chi connectivity index (χ3v) is 4.74. The SMILES string of the molecule is O=C(Nc1cc[nH+]cn1)C1=C2C=CC=CN2C(c2ccc(C(F)(F)F)cc2Cl)N1. The Morgan fingerprint density at radius 1 is 1.28 bits per heavy atom. The van der Waals surface area contributed by atoms with Gasteiger partial charge in [-0.25, -0.2) is 0 Å². The first-order valence-corrected chi connectivity index (χ1v) is 8.86. The van der Waals surface area contributed by atoms with Crippen LogP contribution in [0.3, 0.4) is 0 Å². The highest BCUT2D eigenvalue weighted by atomic mass is 35.5. The van der Waals surface area contributed by atoms with Crippen molar-refractivity contribution in [3.8, 4) is 0 Å². The molecular formula is C19H14ClF3N5O+. The van der Waals surface area contributed by atoms with Gasteiger partial charge in [0, 0.05) is 22.9 Å². The molecule has 4 rings (SSSR count). The van der Waals surface area contributed by atoms with Gasteiger partial charge in [-0.3, -0.25) is 15.1 Å². The van der Waals surface area contributed by atoms with Crippen LogP contribution < -0.4 is 15.6 Å². The Morgan fingerprint density at radius 3 is 2.79 bits per heavy atom. The molecule has 1 aromatic heterocycles. The average Bonchev–Trinajstić information content (AvgIpc) is 3.08. The number of benzene rings is 1. The average molecular weight is 421 g/mol. The molecule has 1 aromatic carbocycles. The number of fused-ring (bicyclic) bond motifs is 1. The fraction of sp³-hybridized carbons (Fsp3) is 0.105. The maximum Gasteiger partial charge on any atom is 0.416 e. The molecule has 0 bridgehead atoms. The molecule has 0 radical (unpaired) electrons. The number of halogens is 4. The van der Waals surface area contributed by atoms with Crippen LogP contribution in [0.4, 0.5) is 19.0 Å². The molecule has 1 unspecified atom stereocenters. The lowest BCUT2D eigenvalue weighted by Gasteiger charge is -2.27. The lowest BCUT2D eigenvalue weighted by Crippen LogP contribution is -2.29. The molecule has 29 heavy (non-hydrogen) atoms. The number of amides is 1. The molecule has 0 fully saturated rings. The van der Waals surface area contributed by atoms with E-state index in [0.717, 1.165) is 12.1 Å². The molecule has 0 spiro atoms. The summed E-state index contributed by atoms with van der Waals surface area (Å²) in [5.41, 5.74) is 0.387. The third kappa shape index (κ3) is 3.68. The van der Waals surface area contributed by atoms with Crippen molar-refractivity contribution in [1.82, 2.24) is 15.2 Å². The van der Waals surface area contributed by atoms with E-state index < -0.39 is 23.8 Å². The molecule has 10 heteroatoms. The molecule has 2 aliphatic heterocycles. The topological polar surface area (TPSA) is 71.4 Å². The molecule has 0 saturated heterocycles. The number of aromatic amines is 1. The van der Waals surface area contributed by atoms with Gasteiger partial charge < -0.3 is 10.2 Å². The van der Waals surface area contributed by atoms with Crippen molar-refractivity contribution < 1.29 is 22.9 Å². The molecule has 2 aromatic rings. The molecule has 148 valence electrons. The first-order valence-electron chi connectivity index (χ1n) is 8.49. The highest BCUT2D eigenvalue weighted by Crippen LogP contribution is 2.39. The highest BCUT2D eigenvalue weighted by Gasteiger charge is 2.37. The van der Waals surface area contributed by atoms with Gasteiger partial charge >= 0.3 is 6.18 Å². The standard InChI is InChI=1S/C19H13ClF3N5O/c20-13-9-11(19(21,22)23)4-5-12(13)17-27-16(14-3-1-2-8-28(14)17)18(29)26-15-6-7-24-10-25-15/h1-10,17,27H,(H,24,25,26,29)/p+1. The normalized spacial score (nSPS) is 17.9. The van der Waals surface area contributed by atoms with Crippen LogP contribution in [-0.2, 0) is 11.0 Å². The molecule has 3 heterocycles. The predicted molar refractivity (Wildman–Crippen MR) is 98.9 cm³/mol. The number of rotatable bonds is 3. The van der Waals surface area contributed by atoms with E-state index in [4.69, 9.17) is 11.6 Å². The van der Waals surface area contributed by atoms with E-state index in [2.05, 4.69) is 20.6 Å². The van der Waals surface area contributed by atoms with Gasteiger partial charge in [0.2, 0.25) is 0 Å². The Balaban J connectivity index is 1.64. The number of hydrogen-bond acceptors (Lipinski definition) is 4. The molecule has 0 saturated carbocycles. The third-order valence-electron chi connectivity index (χ3n) is 4.41. The van der Waals surface area contributed by atoms with Crippen LogP contribution >= 0.6 is 11.6 Å². The summed E-state index contributed by atoms with van der Waals surface area (Å²) in [6.07, 6.45) is 4.87. The Labute approximate surface area is 168 Å². The molecular weight excluding hydrogens is 407 g/mol. The van der Waals surface area contributed by atoms with Gasteiger partial charge in [0.1, 0.15) is 11.9 Å². The molecule has 1 atom stereocenters. The minimum atomic E-state index is -4.49. The van der Waals surface area contributed by atoms with Gasteiger partial charge in [-0.05, 0) is 29.3 Å². The zero-order valence-corrected chi connectivity index (χ0v) is 15.4. The van der Waals surface area contributed by atoms with Gasteiger partial charge in [0.05, 0.1) is 17.5 Å². The summed E-state index contributed by atoms with van der Waals surface area (Å²) < 4.78 is 38.8. The Hall–Kier alpha value is -3.33. The zero-order valence-electron chi connectivity index (χ0n) is 14.7. The number of nitrogens with zero attached hydrogens (tertiary/aromatic N) is 2. The van der Waals surface area contributed by atoms with Crippen LogP contribution in [-0.4, -0.2) is 15.8 Å². The first-order chi connectivity index (χ1) is 13.8. The van der Waals surface area contributed by atoms with Gasteiger partial charge in [0.25, 0.3) is 18.1 Å². The van der Waals surface area contributed by atoms with E-state index in [0.29, 0.717) is 17.1 Å². The van der Waals surface area contributed by atoms with E-state index in [9.17, 15) is 18.0 Å². The van der Waals surface area contributed by atoms with Crippen molar-refractivity contribution in [2.24, 2.45) is 0 Å². The molecule has 6 nitrogen and oxygen atoms in total. The number of allylic oxidation sites excluding steroid dienone is 3. The number of aromatic nitrogens is 2. The largest absolute Gasteiger partial charge is 0.416 e. The summed E-state index contributed by atoms with van der Waals surface area (Å²) in [6.45, 7) is 0. The zero-order chi connectivity index (χ0) is 20.6. The summed E-state index contributed by atoms with van der Waals surface area (Å²) in [4.78, 5) is 21.3. The first kappa shape index (κ1) is 19.0. The van der Waals surface area contributed by atoms with Gasteiger partial charge in [-0.1, -0.05) is 23.7 Å². The van der Waals surface area contributed by atoms with Crippen LogP contribution in [0.25, 0.3) is 0 Å². The molecule has 0 aliphatic carbocycles. The second-order valence-electron chi connectivity index (χ2n) is 6.25. The maximum atomic E-state index is 12.9. The second kappa shape index (κ2) is 7.25. The number of carbonyl (C=O) groups is 1. The lowest BCUT2D eigenvalue weighted by molar-refractivity contribution is -0.382. The van der Waals surface area contributed by atoms with Crippen LogP contribution in [0.15, 0.2) is 72.6 Å². The number of anilines is 1. The summed E-state index contributed by atoms with van der Waals surface area (Å²) in [5, 5.41) is 5.68. The van der Waals surface area contributed by atoms with E-state index in [1.165, 1.54) is 12.4 Å². The number of nitrogens with one attached hydrogen (secondary N) is 3. The predicted octanol–water partition coefficient (Wildman–Crippen LogP) is 3.41. The fourth-order valence-electron chi connectivity index (χ4n) is 3.08. The van der Waals surface area contributed by atoms with E-state index >= 15 is 0 Å². The van der Waals surface area contributed by atoms with Crippen molar-refractivity contribution in [3.05, 3.63) is 88.8 Å². The van der Waals surface area contributed by atoms with Crippen LogP contribution in [0.5, 0.6) is 0 Å². The second-order valence-corrected chi connectivity index (χ2v) is 6.65. The van der Waals surface area contributed by atoms with Crippen molar-refractivity contribution in [2.75, 3.05) is 5.32 Å². The minimum Gasteiger partial charge on any atom is -0.355 e. The Kier molecular flexibility index (Phi) is 4.75. The number of carbonyl (C=O) groups excluding carboxylic acids is 1. The van der Waals surface area contributed by atoms with E-state index in [-0.39, 0.29) is 10.7 Å². The van der Waals surface area contributed by atoms with Crippen molar-refractivity contribution in [1.29, 1.82) is 0 Å². The number of alkyl halides is 3. The van der Waals surface area contributed by atoms with Crippen LogP contribution in [0.1, 0.15) is 17.3 Å². The van der Waals surface area contributed by atoms with Crippen molar-refractivity contribution in [2.45, 2.75) is 12.3 Å². The Bertz CT molecular complexity index is 1050. The molecule has 1 amide bonds. The molecule has 2 aliphatic rings. The van der Waals surface area contributed by atoms with Crippen molar-refractivity contribution in [3.63, 3.8) is 0 Å². The van der Waals surface area contributed by atoms with Crippen molar-refractivity contribution >= 4 is 23.3 Å². The monoisotopic (exact) mass is 420 g/mol. The molecule has 3 N–H and O–H groups in total. The van der Waals surface area contributed by atoms with Gasteiger partial charge in [0.15, 0.2) is 0 Å². The highest BCUT2D eigenvalue weighted by molar-refractivity contribution is 6.31. The van der Waals surface area contributed by atoms with Crippen LogP contribution in [0, 0.1) is 0 Å². The van der Waals surface area contributed by atoms with Gasteiger partial charge in [-0.15, -0.1) is 0 Å².